The van der Waals surface area contributed by atoms with Crippen molar-refractivity contribution in [1.29, 1.82) is 0 Å². The monoisotopic (exact) mass is 335 g/mol. The van der Waals surface area contributed by atoms with Crippen LogP contribution in [0.4, 0.5) is 0 Å². The summed E-state index contributed by atoms with van der Waals surface area (Å²) < 4.78 is 1.88. The van der Waals surface area contributed by atoms with E-state index in [4.69, 9.17) is 0 Å². The molecule has 1 aliphatic carbocycles. The fraction of sp³-hybridized carbons (Fsp3) is 0.722. The van der Waals surface area contributed by atoms with Crippen molar-refractivity contribution in [1.82, 2.24) is 15.1 Å². The molecule has 0 unspecified atom stereocenters. The lowest BCUT2D eigenvalue weighted by molar-refractivity contribution is -0.146. The van der Waals surface area contributed by atoms with Crippen LogP contribution in [0.1, 0.15) is 81.5 Å². The maximum absolute atomic E-state index is 12.6. The predicted octanol–water partition coefficient (Wildman–Crippen LogP) is 3.32. The first-order valence-corrected chi connectivity index (χ1v) is 8.95. The third-order valence-electron chi connectivity index (χ3n) is 5.33. The summed E-state index contributed by atoms with van der Waals surface area (Å²) in [6, 6.07) is 2.00. The first-order valence-electron chi connectivity index (χ1n) is 8.95. The third-order valence-corrected chi connectivity index (χ3v) is 5.33. The molecular weight excluding hydrogens is 306 g/mol. The van der Waals surface area contributed by atoms with Crippen LogP contribution in [0.2, 0.25) is 0 Å². The van der Waals surface area contributed by atoms with Crippen LogP contribution in [0.5, 0.6) is 0 Å². The Hall–Kier alpha value is -1.85. The largest absolute Gasteiger partial charge is 0.480 e. The summed E-state index contributed by atoms with van der Waals surface area (Å²) in [5.41, 5.74) is 0.0741. The molecule has 1 aromatic rings. The second kappa shape index (κ2) is 7.36. The Bertz CT molecular complexity index is 597. The molecular formula is C18H29N3O3. The van der Waals surface area contributed by atoms with E-state index in [1.54, 1.807) is 6.07 Å². The van der Waals surface area contributed by atoms with E-state index in [0.29, 0.717) is 24.5 Å². The van der Waals surface area contributed by atoms with Crippen LogP contribution >= 0.6 is 0 Å². The molecule has 1 saturated carbocycles. The molecule has 1 amide bonds. The van der Waals surface area contributed by atoms with Crippen molar-refractivity contribution in [3.63, 3.8) is 0 Å². The average molecular weight is 335 g/mol. The molecule has 0 bridgehead atoms. The summed E-state index contributed by atoms with van der Waals surface area (Å²) in [5, 5.41) is 16.9. The highest BCUT2D eigenvalue weighted by molar-refractivity contribution is 5.96. The van der Waals surface area contributed by atoms with Crippen LogP contribution in [0.3, 0.4) is 0 Å². The van der Waals surface area contributed by atoms with Crippen molar-refractivity contribution in [3.05, 3.63) is 17.5 Å². The summed E-state index contributed by atoms with van der Waals surface area (Å²) >= 11 is 0. The van der Waals surface area contributed by atoms with Gasteiger partial charge in [0.25, 0.3) is 5.91 Å². The molecule has 1 aromatic heterocycles. The van der Waals surface area contributed by atoms with Gasteiger partial charge in [0.2, 0.25) is 0 Å². The van der Waals surface area contributed by atoms with Gasteiger partial charge in [0.15, 0.2) is 0 Å². The van der Waals surface area contributed by atoms with Gasteiger partial charge in [-0.25, -0.2) is 4.79 Å². The smallest absolute Gasteiger partial charge is 0.329 e. The molecule has 2 rings (SSSR count). The number of aromatic nitrogens is 2. The quantitative estimate of drug-likeness (QED) is 0.835. The molecule has 1 heterocycles. The lowest BCUT2D eigenvalue weighted by Crippen LogP contribution is -2.56. The maximum Gasteiger partial charge on any atom is 0.329 e. The Balaban J connectivity index is 2.19. The molecule has 0 atom stereocenters. The van der Waals surface area contributed by atoms with Crippen LogP contribution in [-0.2, 0) is 4.79 Å². The Morgan fingerprint density at radius 2 is 1.96 bits per heavy atom. The fourth-order valence-electron chi connectivity index (χ4n) is 3.53. The van der Waals surface area contributed by atoms with Gasteiger partial charge in [-0.2, -0.15) is 5.10 Å². The van der Waals surface area contributed by atoms with E-state index in [-0.39, 0.29) is 11.9 Å². The van der Waals surface area contributed by atoms with Crippen molar-refractivity contribution >= 4 is 11.9 Å². The zero-order valence-corrected chi connectivity index (χ0v) is 15.1. The topological polar surface area (TPSA) is 84.2 Å². The standard InChI is InChI=1S/C18H29N3O3/c1-5-14(6-2)21-13(4)11-15(20-21)16(22)19-18(17(23)24)9-7-12(3)8-10-18/h11-12,14H,5-10H2,1-4H3,(H,19,22)(H,23,24). The number of aryl methyl sites for hydroxylation is 1. The molecule has 0 aromatic carbocycles. The minimum atomic E-state index is -1.16. The Morgan fingerprint density at radius 1 is 1.38 bits per heavy atom. The minimum absolute atomic E-state index is 0.260. The molecule has 0 radical (unpaired) electrons. The summed E-state index contributed by atoms with van der Waals surface area (Å²) in [6.07, 6.45) is 4.46. The number of nitrogens with zero attached hydrogens (tertiary/aromatic N) is 2. The number of amides is 1. The first-order chi connectivity index (χ1) is 11.3. The molecule has 1 fully saturated rings. The van der Waals surface area contributed by atoms with E-state index >= 15 is 0 Å². The van der Waals surface area contributed by atoms with E-state index in [0.717, 1.165) is 31.4 Å². The predicted molar refractivity (Wildman–Crippen MR) is 92.0 cm³/mol. The number of carbonyl (C=O) groups excluding carboxylic acids is 1. The Kier molecular flexibility index (Phi) is 5.67. The highest BCUT2D eigenvalue weighted by Gasteiger charge is 2.43. The zero-order chi connectivity index (χ0) is 17.9. The van der Waals surface area contributed by atoms with Gasteiger partial charge >= 0.3 is 5.97 Å². The summed E-state index contributed by atoms with van der Waals surface area (Å²) in [4.78, 5) is 24.4. The molecule has 2 N–H and O–H groups in total. The van der Waals surface area contributed by atoms with E-state index < -0.39 is 11.5 Å². The van der Waals surface area contributed by atoms with Gasteiger partial charge in [0.05, 0.1) is 6.04 Å². The van der Waals surface area contributed by atoms with Crippen molar-refractivity contribution in [2.24, 2.45) is 5.92 Å². The first kappa shape index (κ1) is 18.5. The number of rotatable bonds is 6. The zero-order valence-electron chi connectivity index (χ0n) is 15.1. The minimum Gasteiger partial charge on any atom is -0.480 e. The second-order valence-corrected chi connectivity index (χ2v) is 7.11. The molecule has 0 aliphatic heterocycles. The molecule has 0 spiro atoms. The van der Waals surface area contributed by atoms with E-state index in [2.05, 4.69) is 31.2 Å². The van der Waals surface area contributed by atoms with E-state index in [1.165, 1.54) is 0 Å². The van der Waals surface area contributed by atoms with Crippen LogP contribution < -0.4 is 5.32 Å². The van der Waals surface area contributed by atoms with Crippen LogP contribution in [-0.4, -0.2) is 32.3 Å². The number of carbonyl (C=O) groups is 2. The molecule has 6 heteroatoms. The van der Waals surface area contributed by atoms with Gasteiger partial charge in [-0.05, 0) is 57.4 Å². The Labute approximate surface area is 143 Å². The number of carboxylic acid groups (broad SMARTS) is 1. The van der Waals surface area contributed by atoms with Crippen LogP contribution in [0.25, 0.3) is 0 Å². The summed E-state index contributed by atoms with van der Waals surface area (Å²) in [7, 11) is 0. The SMILES string of the molecule is CCC(CC)n1nc(C(=O)NC2(C(=O)O)CCC(C)CC2)cc1C. The lowest BCUT2D eigenvalue weighted by Gasteiger charge is -2.36. The van der Waals surface area contributed by atoms with Gasteiger partial charge in [-0.1, -0.05) is 20.8 Å². The van der Waals surface area contributed by atoms with Gasteiger partial charge in [-0.3, -0.25) is 9.48 Å². The van der Waals surface area contributed by atoms with Crippen molar-refractivity contribution in [3.8, 4) is 0 Å². The molecule has 24 heavy (non-hydrogen) atoms. The second-order valence-electron chi connectivity index (χ2n) is 7.11. The van der Waals surface area contributed by atoms with Gasteiger partial charge in [-0.15, -0.1) is 0 Å². The van der Waals surface area contributed by atoms with Crippen molar-refractivity contribution < 1.29 is 14.7 Å². The van der Waals surface area contributed by atoms with Crippen molar-refractivity contribution in [2.45, 2.75) is 77.8 Å². The number of nitrogens with one attached hydrogen (secondary N) is 1. The lowest BCUT2D eigenvalue weighted by atomic mass is 9.77. The average Bonchev–Trinajstić information content (AvgIpc) is 2.93. The summed E-state index contributed by atoms with van der Waals surface area (Å²) in [6.45, 7) is 8.24. The van der Waals surface area contributed by atoms with Gasteiger partial charge < -0.3 is 10.4 Å². The Morgan fingerprint density at radius 3 is 2.46 bits per heavy atom. The fourth-order valence-corrected chi connectivity index (χ4v) is 3.53. The maximum atomic E-state index is 12.6. The third kappa shape index (κ3) is 3.62. The highest BCUT2D eigenvalue weighted by atomic mass is 16.4. The van der Waals surface area contributed by atoms with Crippen LogP contribution in [0.15, 0.2) is 6.07 Å². The van der Waals surface area contributed by atoms with Gasteiger partial charge in [0, 0.05) is 5.69 Å². The number of hydrogen-bond acceptors (Lipinski definition) is 3. The highest BCUT2D eigenvalue weighted by Crippen LogP contribution is 2.32. The number of aliphatic carboxylic acids is 1. The number of hydrogen-bond donors (Lipinski definition) is 2. The van der Waals surface area contributed by atoms with Crippen molar-refractivity contribution in [2.75, 3.05) is 0 Å². The molecule has 134 valence electrons. The molecule has 1 aliphatic rings. The van der Waals surface area contributed by atoms with E-state index in [1.807, 2.05) is 11.6 Å². The normalized spacial score (nSPS) is 24.1. The number of carboxylic acids is 1. The summed E-state index contributed by atoms with van der Waals surface area (Å²) in [5.74, 6) is -0.829. The van der Waals surface area contributed by atoms with Crippen LogP contribution in [0, 0.1) is 12.8 Å². The van der Waals surface area contributed by atoms with E-state index in [9.17, 15) is 14.7 Å². The molecule has 6 nitrogen and oxygen atoms in total. The molecule has 0 saturated heterocycles. The van der Waals surface area contributed by atoms with Gasteiger partial charge in [0.1, 0.15) is 11.2 Å².